The Hall–Kier alpha value is -0.120. The van der Waals surface area contributed by atoms with Gasteiger partial charge in [0.2, 0.25) is 0 Å². The molecule has 0 aliphatic heterocycles. The maximum absolute atomic E-state index is 6.67. The zero-order valence-electron chi connectivity index (χ0n) is 44.1. The molecule has 0 rings (SSSR count). The molecule has 0 radical (unpaired) electrons. The van der Waals surface area contributed by atoms with E-state index in [1.165, 1.54) is 289 Å². The van der Waals surface area contributed by atoms with Crippen molar-refractivity contribution in [2.24, 2.45) is 5.92 Å². The fourth-order valence-electron chi connectivity index (χ4n) is 9.44. The summed E-state index contributed by atoms with van der Waals surface area (Å²) in [5, 5.41) is 0. The SMILES string of the molecule is CCCCCCCCCCCCCCCCCCOC(CC(C)C)(OCCCCCCCCCCCCCCCCCC)OCCCCCCCCCCCCCCCCCC. The highest BCUT2D eigenvalue weighted by atomic mass is 16.9. The van der Waals surface area contributed by atoms with Crippen LogP contribution < -0.4 is 0 Å². The Morgan fingerprint density at radius 2 is 0.371 bits per heavy atom. The van der Waals surface area contributed by atoms with Crippen LogP contribution >= 0.6 is 0 Å². The third-order valence-electron chi connectivity index (χ3n) is 13.6. The maximum Gasteiger partial charge on any atom is 0.283 e. The standard InChI is InChI=1S/C59H120O3/c1-6-9-12-15-18-21-24-27-30-33-36-39-42-45-48-51-54-60-59(57-58(4)5,61-55-52-49-46-43-40-37-34-31-28-25-22-19-16-13-10-7-2)62-56-53-50-47-44-41-38-35-32-29-26-23-20-17-14-11-8-3/h58H,6-57H2,1-5H3. The molecular weight excluding hydrogens is 757 g/mol. The van der Waals surface area contributed by atoms with Crippen LogP contribution in [0.4, 0.5) is 0 Å². The van der Waals surface area contributed by atoms with Gasteiger partial charge >= 0.3 is 0 Å². The molecule has 62 heavy (non-hydrogen) atoms. The Balaban J connectivity index is 4.40. The quantitative estimate of drug-likeness (QED) is 0.0450. The van der Waals surface area contributed by atoms with Gasteiger partial charge in [-0.3, -0.25) is 0 Å². The van der Waals surface area contributed by atoms with Gasteiger partial charge in [-0.05, 0) is 25.2 Å². The van der Waals surface area contributed by atoms with Crippen molar-refractivity contribution in [3.05, 3.63) is 0 Å². The summed E-state index contributed by atoms with van der Waals surface area (Å²) in [6.45, 7) is 13.8. The van der Waals surface area contributed by atoms with Crippen LogP contribution in [0.15, 0.2) is 0 Å². The molecule has 0 heterocycles. The van der Waals surface area contributed by atoms with E-state index in [9.17, 15) is 0 Å². The number of rotatable bonds is 56. The Morgan fingerprint density at radius 1 is 0.226 bits per heavy atom. The zero-order chi connectivity index (χ0) is 45.0. The second-order valence-corrected chi connectivity index (χ2v) is 20.7. The fraction of sp³-hybridized carbons (Fsp3) is 1.00. The average Bonchev–Trinajstić information content (AvgIpc) is 3.26. The molecule has 0 saturated heterocycles. The first-order valence-corrected chi connectivity index (χ1v) is 29.5. The van der Waals surface area contributed by atoms with E-state index in [4.69, 9.17) is 14.2 Å². The van der Waals surface area contributed by atoms with Crippen molar-refractivity contribution in [1.29, 1.82) is 0 Å². The molecule has 374 valence electrons. The van der Waals surface area contributed by atoms with Crippen molar-refractivity contribution < 1.29 is 14.2 Å². The Morgan fingerprint density at radius 3 is 0.516 bits per heavy atom. The second-order valence-electron chi connectivity index (χ2n) is 20.7. The normalized spacial score (nSPS) is 12.1. The van der Waals surface area contributed by atoms with Crippen molar-refractivity contribution in [1.82, 2.24) is 0 Å². The van der Waals surface area contributed by atoms with Crippen LogP contribution in [0.25, 0.3) is 0 Å². The van der Waals surface area contributed by atoms with E-state index >= 15 is 0 Å². The molecule has 0 bridgehead atoms. The van der Waals surface area contributed by atoms with Gasteiger partial charge in [0.05, 0.1) is 19.8 Å². The lowest BCUT2D eigenvalue weighted by molar-refractivity contribution is -0.387. The summed E-state index contributed by atoms with van der Waals surface area (Å²) in [5.41, 5.74) is 0. The van der Waals surface area contributed by atoms with Gasteiger partial charge < -0.3 is 14.2 Å². The smallest absolute Gasteiger partial charge is 0.283 e. The first kappa shape index (κ1) is 61.9. The van der Waals surface area contributed by atoms with E-state index in [1.54, 1.807) is 0 Å². The molecule has 0 aromatic rings. The van der Waals surface area contributed by atoms with Crippen molar-refractivity contribution in [3.63, 3.8) is 0 Å². The van der Waals surface area contributed by atoms with Crippen LogP contribution in [-0.2, 0) is 14.2 Å². The molecule has 0 aromatic carbocycles. The van der Waals surface area contributed by atoms with E-state index in [0.29, 0.717) is 5.92 Å². The molecule has 0 saturated carbocycles. The van der Waals surface area contributed by atoms with Gasteiger partial charge in [0.25, 0.3) is 5.97 Å². The molecule has 3 heteroatoms. The van der Waals surface area contributed by atoms with Gasteiger partial charge in [-0.1, -0.05) is 324 Å². The third kappa shape index (κ3) is 49.3. The molecule has 0 unspecified atom stereocenters. The summed E-state index contributed by atoms with van der Waals surface area (Å²) in [4.78, 5) is 0. The summed E-state index contributed by atoms with van der Waals surface area (Å²) in [6.07, 6.45) is 67.7. The highest BCUT2D eigenvalue weighted by Crippen LogP contribution is 2.27. The predicted octanol–water partition coefficient (Wildman–Crippen LogP) is 21.5. The van der Waals surface area contributed by atoms with Crippen molar-refractivity contribution >= 4 is 0 Å². The molecule has 0 aliphatic carbocycles. The van der Waals surface area contributed by atoms with Crippen LogP contribution in [0.3, 0.4) is 0 Å². The Labute approximate surface area is 393 Å². The van der Waals surface area contributed by atoms with Gasteiger partial charge in [-0.15, -0.1) is 0 Å². The fourth-order valence-corrected chi connectivity index (χ4v) is 9.44. The summed E-state index contributed by atoms with van der Waals surface area (Å²) in [5.74, 6) is -0.397. The first-order valence-electron chi connectivity index (χ1n) is 29.5. The van der Waals surface area contributed by atoms with Crippen LogP contribution in [0.2, 0.25) is 0 Å². The minimum atomic E-state index is -0.866. The predicted molar refractivity (Wildman–Crippen MR) is 279 cm³/mol. The molecule has 0 spiro atoms. The Bertz CT molecular complexity index is 688. The number of unbranched alkanes of at least 4 members (excludes halogenated alkanes) is 45. The molecular formula is C59H120O3. The van der Waals surface area contributed by atoms with Crippen LogP contribution in [-0.4, -0.2) is 25.8 Å². The van der Waals surface area contributed by atoms with Gasteiger partial charge in [-0.25, -0.2) is 0 Å². The third-order valence-corrected chi connectivity index (χ3v) is 13.6. The van der Waals surface area contributed by atoms with Crippen molar-refractivity contribution in [2.45, 2.75) is 355 Å². The lowest BCUT2D eigenvalue weighted by atomic mass is 10.0. The second kappa shape index (κ2) is 53.5. The lowest BCUT2D eigenvalue weighted by Gasteiger charge is -2.35. The largest absolute Gasteiger partial charge is 0.327 e. The van der Waals surface area contributed by atoms with Gasteiger partial charge in [0.15, 0.2) is 0 Å². The van der Waals surface area contributed by atoms with Gasteiger partial charge in [0.1, 0.15) is 0 Å². The van der Waals surface area contributed by atoms with Crippen molar-refractivity contribution in [2.75, 3.05) is 19.8 Å². The number of hydrogen-bond acceptors (Lipinski definition) is 3. The maximum atomic E-state index is 6.67. The summed E-state index contributed by atoms with van der Waals surface area (Å²) in [7, 11) is 0. The van der Waals surface area contributed by atoms with E-state index in [1.807, 2.05) is 0 Å². The minimum absolute atomic E-state index is 0.470. The molecule has 3 nitrogen and oxygen atoms in total. The van der Waals surface area contributed by atoms with Crippen LogP contribution in [0.5, 0.6) is 0 Å². The van der Waals surface area contributed by atoms with Crippen LogP contribution in [0.1, 0.15) is 349 Å². The first-order chi connectivity index (χ1) is 30.6. The molecule has 0 aliphatic rings. The van der Waals surface area contributed by atoms with Crippen molar-refractivity contribution in [3.8, 4) is 0 Å². The number of hydrogen-bond donors (Lipinski definition) is 0. The van der Waals surface area contributed by atoms with Crippen LogP contribution in [0, 0.1) is 5.92 Å². The molecule has 0 atom stereocenters. The highest BCUT2D eigenvalue weighted by Gasteiger charge is 2.34. The topological polar surface area (TPSA) is 27.7 Å². The number of ether oxygens (including phenoxy) is 3. The van der Waals surface area contributed by atoms with E-state index in [0.717, 1.165) is 45.5 Å². The lowest BCUT2D eigenvalue weighted by Crippen LogP contribution is -2.41. The minimum Gasteiger partial charge on any atom is -0.327 e. The molecule has 0 aromatic heterocycles. The van der Waals surface area contributed by atoms with E-state index in [2.05, 4.69) is 34.6 Å². The monoisotopic (exact) mass is 877 g/mol. The van der Waals surface area contributed by atoms with E-state index in [-0.39, 0.29) is 0 Å². The summed E-state index contributed by atoms with van der Waals surface area (Å²) < 4.78 is 20.0. The molecule has 0 N–H and O–H groups in total. The van der Waals surface area contributed by atoms with E-state index < -0.39 is 5.97 Å². The van der Waals surface area contributed by atoms with Gasteiger partial charge in [-0.2, -0.15) is 0 Å². The molecule has 0 fully saturated rings. The zero-order valence-corrected chi connectivity index (χ0v) is 44.1. The summed E-state index contributed by atoms with van der Waals surface area (Å²) in [6, 6.07) is 0. The molecule has 0 amide bonds. The van der Waals surface area contributed by atoms with Gasteiger partial charge in [0, 0.05) is 6.42 Å². The Kier molecular flexibility index (Phi) is 53.4. The summed E-state index contributed by atoms with van der Waals surface area (Å²) >= 11 is 0. The highest BCUT2D eigenvalue weighted by molar-refractivity contribution is 4.64. The average molecular weight is 878 g/mol.